The van der Waals surface area contributed by atoms with Crippen molar-refractivity contribution in [3.05, 3.63) is 89.3 Å². The van der Waals surface area contributed by atoms with E-state index in [1.54, 1.807) is 12.1 Å². The lowest BCUT2D eigenvalue weighted by atomic mass is 10.1. The van der Waals surface area contributed by atoms with Crippen LogP contribution in [0.4, 0.5) is 5.69 Å². The molecular formula is C21H17Br2ClN2O5S. The Morgan fingerprint density at radius 1 is 1.19 bits per heavy atom. The molecule has 0 aliphatic rings. The molecule has 0 saturated heterocycles. The van der Waals surface area contributed by atoms with E-state index >= 15 is 0 Å². The van der Waals surface area contributed by atoms with Crippen LogP contribution in [0.3, 0.4) is 0 Å². The number of hydrogen-bond acceptors (Lipinski definition) is 6. The summed E-state index contributed by atoms with van der Waals surface area (Å²) in [6.07, 6.45) is 0.470. The quantitative estimate of drug-likeness (QED) is 0.129. The summed E-state index contributed by atoms with van der Waals surface area (Å²) in [5.41, 5.74) is 3.14. The molecule has 1 heterocycles. The van der Waals surface area contributed by atoms with Gasteiger partial charge in [-0.05, 0) is 24.3 Å². The third-order valence-corrected chi connectivity index (χ3v) is 6.57. The standard InChI is InChI=1S/C21H17BrClN2O5S.BrH/c1-13-20(31-12-24(13)11-19(26)14-2-5-16(22)6-3-14)8-9-30-21(27)15-4-7-17(23)18(10-15)25(28)29;/h2-7,10,12H,8-9,11H2,1H3;1H/q+1;/p-1. The van der Waals surface area contributed by atoms with Crippen LogP contribution in [-0.2, 0) is 17.7 Å². The Bertz CT molecular complexity index is 1150. The van der Waals surface area contributed by atoms with Crippen LogP contribution < -0.4 is 21.5 Å². The van der Waals surface area contributed by atoms with Crippen molar-refractivity contribution in [1.29, 1.82) is 0 Å². The van der Waals surface area contributed by atoms with Crippen LogP contribution in [0.25, 0.3) is 0 Å². The molecule has 32 heavy (non-hydrogen) atoms. The maximum Gasteiger partial charge on any atom is 0.338 e. The van der Waals surface area contributed by atoms with E-state index in [4.69, 9.17) is 16.3 Å². The molecule has 0 N–H and O–H groups in total. The lowest BCUT2D eigenvalue weighted by molar-refractivity contribution is -0.684. The fourth-order valence-corrected chi connectivity index (χ4v) is 4.26. The van der Waals surface area contributed by atoms with Crippen molar-refractivity contribution in [2.24, 2.45) is 0 Å². The van der Waals surface area contributed by atoms with Crippen molar-refractivity contribution in [2.45, 2.75) is 19.9 Å². The van der Waals surface area contributed by atoms with Crippen LogP contribution in [0.1, 0.15) is 31.3 Å². The molecule has 0 spiro atoms. The fourth-order valence-electron chi connectivity index (χ4n) is 2.83. The molecule has 0 aliphatic carbocycles. The van der Waals surface area contributed by atoms with Gasteiger partial charge in [0.2, 0.25) is 17.8 Å². The number of aromatic nitrogens is 1. The van der Waals surface area contributed by atoms with E-state index in [0.29, 0.717) is 12.0 Å². The SMILES string of the molecule is Cc1c(CCOC(=O)c2ccc(Cl)c([N+](=O)[O-])c2)sc[n+]1CC(=O)c1ccc(Br)cc1.[Br-]. The summed E-state index contributed by atoms with van der Waals surface area (Å²) >= 11 is 10.6. The van der Waals surface area contributed by atoms with Crippen LogP contribution in [0.15, 0.2) is 52.4 Å². The largest absolute Gasteiger partial charge is 1.00 e. The molecule has 0 radical (unpaired) electrons. The van der Waals surface area contributed by atoms with E-state index in [2.05, 4.69) is 15.9 Å². The fraction of sp³-hybridized carbons (Fsp3) is 0.190. The van der Waals surface area contributed by atoms with Crippen molar-refractivity contribution in [1.82, 2.24) is 0 Å². The van der Waals surface area contributed by atoms with Crippen molar-refractivity contribution >= 4 is 56.3 Å². The van der Waals surface area contributed by atoms with E-state index in [1.807, 2.05) is 29.1 Å². The molecule has 168 valence electrons. The molecular weight excluding hydrogens is 588 g/mol. The van der Waals surface area contributed by atoms with Gasteiger partial charge in [0.25, 0.3) is 5.69 Å². The number of nitro benzene ring substituents is 1. The normalized spacial score (nSPS) is 10.3. The zero-order chi connectivity index (χ0) is 22.5. The molecule has 0 atom stereocenters. The smallest absolute Gasteiger partial charge is 0.338 e. The summed E-state index contributed by atoms with van der Waals surface area (Å²) in [7, 11) is 0. The zero-order valence-electron chi connectivity index (χ0n) is 16.7. The highest BCUT2D eigenvalue weighted by atomic mass is 79.9. The number of carbonyl (C=O) groups excluding carboxylic acids is 2. The number of thiazole rings is 1. The predicted octanol–water partition coefficient (Wildman–Crippen LogP) is 1.95. The molecule has 3 aromatic rings. The predicted molar refractivity (Wildman–Crippen MR) is 120 cm³/mol. The van der Waals surface area contributed by atoms with Gasteiger partial charge in [-0.15, -0.1) is 0 Å². The van der Waals surface area contributed by atoms with Gasteiger partial charge in [-0.25, -0.2) is 4.79 Å². The summed E-state index contributed by atoms with van der Waals surface area (Å²) in [4.78, 5) is 36.0. The lowest BCUT2D eigenvalue weighted by Gasteiger charge is -2.04. The zero-order valence-corrected chi connectivity index (χ0v) is 21.5. The van der Waals surface area contributed by atoms with Gasteiger partial charge in [0.15, 0.2) is 5.69 Å². The third-order valence-electron chi connectivity index (χ3n) is 4.58. The van der Waals surface area contributed by atoms with Gasteiger partial charge in [-0.3, -0.25) is 14.9 Å². The molecule has 2 aromatic carbocycles. The highest BCUT2D eigenvalue weighted by Crippen LogP contribution is 2.25. The summed E-state index contributed by atoms with van der Waals surface area (Å²) < 4.78 is 8.03. The minimum Gasteiger partial charge on any atom is -1.00 e. The molecule has 3 rings (SSSR count). The lowest BCUT2D eigenvalue weighted by Crippen LogP contribution is -3.00. The van der Waals surface area contributed by atoms with E-state index in [-0.39, 0.29) is 52.2 Å². The highest BCUT2D eigenvalue weighted by Gasteiger charge is 2.21. The number of esters is 1. The molecule has 0 saturated carbocycles. The van der Waals surface area contributed by atoms with Crippen LogP contribution in [-0.4, -0.2) is 23.3 Å². The van der Waals surface area contributed by atoms with Gasteiger partial charge >= 0.3 is 5.97 Å². The van der Waals surface area contributed by atoms with Gasteiger partial charge in [-0.1, -0.05) is 51.0 Å². The van der Waals surface area contributed by atoms with Gasteiger partial charge in [-0.2, -0.15) is 4.57 Å². The Labute approximate surface area is 212 Å². The van der Waals surface area contributed by atoms with Crippen LogP contribution in [0.2, 0.25) is 5.02 Å². The Morgan fingerprint density at radius 2 is 1.84 bits per heavy atom. The second kappa shape index (κ2) is 11.6. The second-order valence-corrected chi connectivity index (χ2v) is 8.86. The number of hydrogen-bond donors (Lipinski definition) is 0. The number of nitrogens with zero attached hydrogens (tertiary/aromatic N) is 2. The second-order valence-electron chi connectivity index (χ2n) is 6.60. The van der Waals surface area contributed by atoms with Gasteiger partial charge < -0.3 is 21.7 Å². The van der Waals surface area contributed by atoms with E-state index in [0.717, 1.165) is 21.1 Å². The maximum atomic E-state index is 12.5. The van der Waals surface area contributed by atoms with Gasteiger partial charge in [0.05, 0.1) is 22.0 Å². The third kappa shape index (κ3) is 6.44. The average Bonchev–Trinajstić information content (AvgIpc) is 3.08. The van der Waals surface area contributed by atoms with Crippen LogP contribution in [0.5, 0.6) is 0 Å². The first-order valence-corrected chi connectivity index (χ1v) is 11.2. The first-order valence-electron chi connectivity index (χ1n) is 9.12. The van der Waals surface area contributed by atoms with Crippen molar-refractivity contribution in [3.63, 3.8) is 0 Å². The number of ether oxygens (including phenoxy) is 1. The summed E-state index contributed by atoms with van der Waals surface area (Å²) in [5, 5.41) is 10.9. The minimum atomic E-state index is -0.660. The molecule has 0 bridgehead atoms. The summed E-state index contributed by atoms with van der Waals surface area (Å²) in [6, 6.07) is 11.0. The van der Waals surface area contributed by atoms with Crippen LogP contribution >= 0.6 is 38.9 Å². The maximum absolute atomic E-state index is 12.5. The van der Waals surface area contributed by atoms with Crippen molar-refractivity contribution in [2.75, 3.05) is 6.61 Å². The van der Waals surface area contributed by atoms with Crippen molar-refractivity contribution in [3.8, 4) is 0 Å². The first kappa shape index (κ1) is 26.1. The molecule has 1 aromatic heterocycles. The van der Waals surface area contributed by atoms with E-state index in [1.165, 1.54) is 23.5 Å². The Hall–Kier alpha value is -2.14. The molecule has 0 fully saturated rings. The van der Waals surface area contributed by atoms with Gasteiger partial charge in [0, 0.05) is 29.4 Å². The van der Waals surface area contributed by atoms with Crippen LogP contribution in [0, 0.1) is 17.0 Å². The monoisotopic (exact) mass is 602 g/mol. The molecule has 11 heteroatoms. The minimum absolute atomic E-state index is 0. The summed E-state index contributed by atoms with van der Waals surface area (Å²) in [6.45, 7) is 2.24. The number of benzene rings is 2. The Balaban J connectivity index is 0.00000363. The van der Waals surface area contributed by atoms with E-state index < -0.39 is 10.9 Å². The van der Waals surface area contributed by atoms with Gasteiger partial charge in [0.1, 0.15) is 5.02 Å². The highest BCUT2D eigenvalue weighted by molar-refractivity contribution is 9.10. The first-order chi connectivity index (χ1) is 14.8. The number of halogens is 3. The Kier molecular flexibility index (Phi) is 9.50. The summed E-state index contributed by atoms with van der Waals surface area (Å²) in [5.74, 6) is -0.659. The molecule has 0 unspecified atom stereocenters. The van der Waals surface area contributed by atoms with Crippen molar-refractivity contribution < 1.29 is 40.8 Å². The number of Topliss-reactive ketones (excluding diaryl/α,β-unsaturated/α-hetero) is 1. The number of carbonyl (C=O) groups is 2. The Morgan fingerprint density at radius 3 is 2.50 bits per heavy atom. The molecule has 0 aliphatic heterocycles. The number of nitro groups is 1. The van der Waals surface area contributed by atoms with E-state index in [9.17, 15) is 19.7 Å². The number of ketones is 1. The number of rotatable bonds is 8. The topological polar surface area (TPSA) is 90.4 Å². The molecule has 0 amide bonds. The molecule has 7 nitrogen and oxygen atoms in total. The average molecular weight is 605 g/mol.